The molecule has 1 saturated heterocycles. The number of halogens is 1. The lowest BCUT2D eigenvalue weighted by atomic mass is 10.1. The predicted octanol–water partition coefficient (Wildman–Crippen LogP) is 2.04. The molecular formula is C16H23FN2O2. The van der Waals surface area contributed by atoms with E-state index in [-0.39, 0.29) is 11.3 Å². The van der Waals surface area contributed by atoms with Crippen LogP contribution >= 0.6 is 0 Å². The van der Waals surface area contributed by atoms with Crippen molar-refractivity contribution in [2.24, 2.45) is 0 Å². The summed E-state index contributed by atoms with van der Waals surface area (Å²) in [6.07, 6.45) is 1.43. The molecule has 1 aromatic rings. The summed E-state index contributed by atoms with van der Waals surface area (Å²) < 4.78 is 18.9. The number of hydrogen-bond acceptors (Lipinski definition) is 4. The lowest BCUT2D eigenvalue weighted by Crippen LogP contribution is -2.30. The summed E-state index contributed by atoms with van der Waals surface area (Å²) in [7, 11) is 3.56. The van der Waals surface area contributed by atoms with E-state index in [1.165, 1.54) is 13.2 Å². The van der Waals surface area contributed by atoms with Crippen molar-refractivity contribution < 1.29 is 13.9 Å². The maximum Gasteiger partial charge on any atom is 0.170 e. The molecule has 1 aliphatic heterocycles. The van der Waals surface area contributed by atoms with Crippen LogP contribution in [0.2, 0.25) is 0 Å². The smallest absolute Gasteiger partial charge is 0.170 e. The highest BCUT2D eigenvalue weighted by molar-refractivity contribution is 5.99. The molecule has 0 spiro atoms. The van der Waals surface area contributed by atoms with Crippen LogP contribution in [0.5, 0.6) is 5.75 Å². The van der Waals surface area contributed by atoms with Gasteiger partial charge < -0.3 is 14.5 Å². The molecule has 0 N–H and O–H groups in total. The molecule has 0 atom stereocenters. The van der Waals surface area contributed by atoms with E-state index in [9.17, 15) is 9.18 Å². The number of ether oxygens (including phenoxy) is 1. The molecule has 0 amide bonds. The number of likely N-dealkylation sites (N-methyl/N-ethyl adjacent to an activating group) is 1. The van der Waals surface area contributed by atoms with Crippen LogP contribution in [0, 0.1) is 5.82 Å². The first-order chi connectivity index (χ1) is 10.1. The van der Waals surface area contributed by atoms with Gasteiger partial charge in [0.1, 0.15) is 11.6 Å². The Morgan fingerprint density at radius 1 is 1.29 bits per heavy atom. The molecule has 0 unspecified atom stereocenters. The van der Waals surface area contributed by atoms with Gasteiger partial charge >= 0.3 is 0 Å². The van der Waals surface area contributed by atoms with Crippen molar-refractivity contribution in [2.75, 3.05) is 46.9 Å². The van der Waals surface area contributed by atoms with Gasteiger partial charge in [-0.25, -0.2) is 4.39 Å². The lowest BCUT2D eigenvalue weighted by Gasteiger charge is -2.19. The Morgan fingerprint density at radius 2 is 2.10 bits per heavy atom. The fraction of sp³-hybridized carbons (Fsp3) is 0.562. The van der Waals surface area contributed by atoms with E-state index in [2.05, 4.69) is 16.8 Å². The molecule has 4 nitrogen and oxygen atoms in total. The Balaban J connectivity index is 1.96. The van der Waals surface area contributed by atoms with Crippen LogP contribution in [0.4, 0.5) is 4.39 Å². The highest BCUT2D eigenvalue weighted by atomic mass is 19.1. The average Bonchev–Trinajstić information content (AvgIpc) is 2.69. The third-order valence-corrected chi connectivity index (χ3v) is 3.94. The Kier molecular flexibility index (Phi) is 5.70. The van der Waals surface area contributed by atoms with E-state index in [0.717, 1.165) is 32.6 Å². The molecule has 1 heterocycles. The Labute approximate surface area is 125 Å². The molecule has 0 aromatic heterocycles. The number of Topliss-reactive ketones (excluding diaryl/α,β-unsaturated/α-hetero) is 1. The molecule has 1 aromatic carbocycles. The number of ketones is 1. The lowest BCUT2D eigenvalue weighted by molar-refractivity contribution is 0.0958. The monoisotopic (exact) mass is 294 g/mol. The minimum absolute atomic E-state index is 0.0759. The summed E-state index contributed by atoms with van der Waals surface area (Å²) in [5.41, 5.74) is 0.0759. The Bertz CT molecular complexity index is 493. The van der Waals surface area contributed by atoms with Gasteiger partial charge in [0, 0.05) is 26.1 Å². The highest BCUT2D eigenvalue weighted by Crippen LogP contribution is 2.22. The fourth-order valence-corrected chi connectivity index (χ4v) is 2.65. The zero-order chi connectivity index (χ0) is 15.2. The van der Waals surface area contributed by atoms with Gasteiger partial charge in [0.05, 0.1) is 12.7 Å². The number of hydrogen-bond donors (Lipinski definition) is 0. The van der Waals surface area contributed by atoms with E-state index < -0.39 is 5.82 Å². The topological polar surface area (TPSA) is 32.8 Å². The third kappa shape index (κ3) is 4.25. The van der Waals surface area contributed by atoms with Crippen molar-refractivity contribution >= 4 is 5.78 Å². The number of carbonyl (C=O) groups excluding carboxylic acids is 1. The first-order valence-electron chi connectivity index (χ1n) is 7.38. The standard InChI is InChI=1S/C16H23FN2O2/c1-18-8-4-9-19(12-11-18)10-7-14(20)16-13(17)5-3-6-15(16)21-2/h3,5-6H,4,7-12H2,1-2H3. The molecule has 1 fully saturated rings. The molecule has 0 radical (unpaired) electrons. The van der Waals surface area contributed by atoms with Gasteiger partial charge in [-0.15, -0.1) is 0 Å². The Hall–Kier alpha value is -1.46. The number of nitrogens with zero attached hydrogens (tertiary/aromatic N) is 2. The van der Waals surface area contributed by atoms with Gasteiger partial charge in [0.2, 0.25) is 0 Å². The van der Waals surface area contributed by atoms with Crippen molar-refractivity contribution in [3.63, 3.8) is 0 Å². The largest absolute Gasteiger partial charge is 0.496 e. The predicted molar refractivity (Wildman–Crippen MR) is 80.5 cm³/mol. The molecule has 1 aliphatic rings. The van der Waals surface area contributed by atoms with Gasteiger partial charge in [-0.2, -0.15) is 0 Å². The molecule has 5 heteroatoms. The summed E-state index contributed by atoms with van der Waals surface area (Å²) in [4.78, 5) is 16.8. The van der Waals surface area contributed by atoms with Crippen LogP contribution in [-0.2, 0) is 0 Å². The number of carbonyl (C=O) groups is 1. The van der Waals surface area contributed by atoms with E-state index >= 15 is 0 Å². The van der Waals surface area contributed by atoms with E-state index in [4.69, 9.17) is 4.74 Å². The molecule has 2 rings (SSSR count). The van der Waals surface area contributed by atoms with Crippen molar-refractivity contribution in [3.05, 3.63) is 29.6 Å². The van der Waals surface area contributed by atoms with Crippen LogP contribution in [-0.4, -0.2) is 62.5 Å². The molecule has 116 valence electrons. The first-order valence-corrected chi connectivity index (χ1v) is 7.38. The molecule has 0 saturated carbocycles. The molecule has 21 heavy (non-hydrogen) atoms. The van der Waals surface area contributed by atoms with Crippen LogP contribution in [0.3, 0.4) is 0 Å². The second-order valence-electron chi connectivity index (χ2n) is 5.49. The quantitative estimate of drug-likeness (QED) is 0.778. The highest BCUT2D eigenvalue weighted by Gasteiger charge is 2.19. The third-order valence-electron chi connectivity index (χ3n) is 3.94. The van der Waals surface area contributed by atoms with Gasteiger partial charge in [0.15, 0.2) is 5.78 Å². The fourth-order valence-electron chi connectivity index (χ4n) is 2.65. The van der Waals surface area contributed by atoms with Crippen LogP contribution in [0.15, 0.2) is 18.2 Å². The average molecular weight is 294 g/mol. The second-order valence-corrected chi connectivity index (χ2v) is 5.49. The zero-order valence-corrected chi connectivity index (χ0v) is 12.8. The second kappa shape index (κ2) is 7.52. The molecule has 0 aliphatic carbocycles. The summed E-state index contributed by atoms with van der Waals surface area (Å²) in [5.74, 6) is -0.381. The molecular weight excluding hydrogens is 271 g/mol. The minimum atomic E-state index is -0.505. The summed E-state index contributed by atoms with van der Waals surface area (Å²) in [6, 6.07) is 4.48. The van der Waals surface area contributed by atoms with Crippen LogP contribution in [0.25, 0.3) is 0 Å². The van der Waals surface area contributed by atoms with Gasteiger partial charge in [-0.1, -0.05) is 6.07 Å². The maximum atomic E-state index is 13.8. The summed E-state index contributed by atoms with van der Waals surface area (Å²) in [6.45, 7) is 4.72. The zero-order valence-electron chi connectivity index (χ0n) is 12.8. The summed E-state index contributed by atoms with van der Waals surface area (Å²) in [5, 5.41) is 0. The van der Waals surface area contributed by atoms with Gasteiger partial charge in [-0.3, -0.25) is 4.79 Å². The normalized spacial score (nSPS) is 17.5. The van der Waals surface area contributed by atoms with E-state index in [0.29, 0.717) is 18.7 Å². The van der Waals surface area contributed by atoms with E-state index in [1.807, 2.05) is 0 Å². The Morgan fingerprint density at radius 3 is 2.86 bits per heavy atom. The number of benzene rings is 1. The molecule has 0 bridgehead atoms. The van der Waals surface area contributed by atoms with Gasteiger partial charge in [0.25, 0.3) is 0 Å². The SMILES string of the molecule is COc1cccc(F)c1C(=O)CCN1CCCN(C)CC1. The minimum Gasteiger partial charge on any atom is -0.496 e. The van der Waals surface area contributed by atoms with Crippen molar-refractivity contribution in [1.82, 2.24) is 9.80 Å². The van der Waals surface area contributed by atoms with E-state index in [1.54, 1.807) is 12.1 Å². The number of methoxy groups -OCH3 is 1. The van der Waals surface area contributed by atoms with Crippen LogP contribution in [0.1, 0.15) is 23.2 Å². The maximum absolute atomic E-state index is 13.8. The van der Waals surface area contributed by atoms with Crippen molar-refractivity contribution in [1.29, 1.82) is 0 Å². The summed E-state index contributed by atoms with van der Waals surface area (Å²) >= 11 is 0. The van der Waals surface area contributed by atoms with Crippen molar-refractivity contribution in [3.8, 4) is 5.75 Å². The van der Waals surface area contributed by atoms with Gasteiger partial charge in [-0.05, 0) is 38.7 Å². The van der Waals surface area contributed by atoms with Crippen molar-refractivity contribution in [2.45, 2.75) is 12.8 Å². The first kappa shape index (κ1) is 15.9. The number of rotatable bonds is 5. The van der Waals surface area contributed by atoms with Crippen LogP contribution < -0.4 is 4.74 Å².